The highest BCUT2D eigenvalue weighted by Gasteiger charge is 2.73. The molecular weight excluding hydrogens is 520 g/mol. The topological polar surface area (TPSA) is 152 Å². The van der Waals surface area contributed by atoms with Crippen LogP contribution in [0.5, 0.6) is 0 Å². The Bertz CT molecular complexity index is 1060. The maximum absolute atomic E-state index is 13.0. The molecule has 6 rings (SSSR count). The number of methoxy groups -OCH3 is 1. The van der Waals surface area contributed by atoms with Crippen molar-refractivity contribution in [1.82, 2.24) is 0 Å². The van der Waals surface area contributed by atoms with Crippen molar-refractivity contribution < 1.29 is 49.0 Å². The van der Waals surface area contributed by atoms with E-state index in [1.54, 1.807) is 14.0 Å². The van der Waals surface area contributed by atoms with Gasteiger partial charge < -0.3 is 44.2 Å². The molecule has 0 bridgehead atoms. The molecule has 2 heterocycles. The number of ether oxygens (including phenoxy) is 4. The average Bonchev–Trinajstić information content (AvgIpc) is 3.41. The van der Waals surface area contributed by atoms with Gasteiger partial charge in [0.25, 0.3) is 0 Å². The van der Waals surface area contributed by atoms with Crippen molar-refractivity contribution in [2.75, 3.05) is 13.7 Å². The average molecular weight is 565 g/mol. The summed E-state index contributed by atoms with van der Waals surface area (Å²) in [5, 5.41) is 46.1. The maximum atomic E-state index is 13.0. The Morgan fingerprint density at radius 1 is 1.07 bits per heavy atom. The lowest BCUT2D eigenvalue weighted by Crippen LogP contribution is -2.69. The third-order valence-corrected chi connectivity index (χ3v) is 12.1. The van der Waals surface area contributed by atoms with Gasteiger partial charge in [-0.1, -0.05) is 6.92 Å². The number of carbonyl (C=O) groups excluding carboxylic acids is 2. The Labute approximate surface area is 235 Å². The van der Waals surface area contributed by atoms with Crippen molar-refractivity contribution in [1.29, 1.82) is 0 Å². The summed E-state index contributed by atoms with van der Waals surface area (Å²) in [4.78, 5) is 24.9. The van der Waals surface area contributed by atoms with Crippen LogP contribution >= 0.6 is 0 Å². The molecule has 0 radical (unpaired) electrons. The Hall–Kier alpha value is -1.40. The summed E-state index contributed by atoms with van der Waals surface area (Å²) in [5.74, 6) is -1.31. The van der Waals surface area contributed by atoms with E-state index < -0.39 is 64.6 Å². The highest BCUT2D eigenvalue weighted by molar-refractivity contribution is 5.85. The number of carbonyl (C=O) groups is 2. The van der Waals surface area contributed by atoms with E-state index in [9.17, 15) is 30.0 Å². The molecule has 6 aliphatic rings. The van der Waals surface area contributed by atoms with Crippen LogP contribution in [0.15, 0.2) is 11.6 Å². The van der Waals surface area contributed by atoms with Gasteiger partial charge in [0, 0.05) is 43.8 Å². The predicted octanol–water partition coefficient (Wildman–Crippen LogP) is 1.40. The van der Waals surface area contributed by atoms with Crippen molar-refractivity contribution in [3.8, 4) is 0 Å². The summed E-state index contributed by atoms with van der Waals surface area (Å²) in [7, 11) is 1.55. The molecule has 40 heavy (non-hydrogen) atoms. The minimum absolute atomic E-state index is 0.132. The van der Waals surface area contributed by atoms with Crippen molar-refractivity contribution >= 4 is 12.3 Å². The highest BCUT2D eigenvalue weighted by Crippen LogP contribution is 2.70. The first-order valence-electron chi connectivity index (χ1n) is 14.9. The number of esters is 1. The van der Waals surface area contributed by atoms with E-state index in [0.29, 0.717) is 44.9 Å². The van der Waals surface area contributed by atoms with E-state index >= 15 is 0 Å². The predicted molar refractivity (Wildman–Crippen MR) is 140 cm³/mol. The van der Waals surface area contributed by atoms with Gasteiger partial charge >= 0.3 is 5.97 Å². The molecule has 4 N–H and O–H groups in total. The zero-order valence-corrected chi connectivity index (χ0v) is 23.7. The monoisotopic (exact) mass is 564 g/mol. The van der Waals surface area contributed by atoms with Crippen LogP contribution in [0.4, 0.5) is 0 Å². The van der Waals surface area contributed by atoms with Gasteiger partial charge in [0.1, 0.15) is 19.0 Å². The number of hydrogen-bond donors (Lipinski definition) is 4. The fourth-order valence-electron chi connectivity index (χ4n) is 10.1. The van der Waals surface area contributed by atoms with Gasteiger partial charge in [-0.2, -0.15) is 0 Å². The number of fused-ring (bicyclic) bond motifs is 5. The van der Waals surface area contributed by atoms with Crippen molar-refractivity contribution in [3.05, 3.63) is 11.6 Å². The molecule has 0 aromatic carbocycles. The molecule has 224 valence electrons. The lowest BCUT2D eigenvalue weighted by Gasteiger charge is -2.65. The van der Waals surface area contributed by atoms with Gasteiger partial charge in [-0.15, -0.1) is 0 Å². The number of aldehydes is 1. The highest BCUT2D eigenvalue weighted by atomic mass is 16.7. The Morgan fingerprint density at radius 2 is 1.82 bits per heavy atom. The van der Waals surface area contributed by atoms with E-state index in [-0.39, 0.29) is 37.4 Å². The normalized spacial score (nSPS) is 54.1. The number of aliphatic hydroxyl groups is 4. The molecule has 10 nitrogen and oxygen atoms in total. The molecule has 9 unspecified atom stereocenters. The van der Waals surface area contributed by atoms with Gasteiger partial charge in [-0.25, -0.2) is 4.79 Å². The van der Waals surface area contributed by atoms with Crippen LogP contribution < -0.4 is 0 Å². The Kier molecular flexibility index (Phi) is 7.05. The summed E-state index contributed by atoms with van der Waals surface area (Å²) < 4.78 is 22.8. The molecule has 0 amide bonds. The zero-order valence-electron chi connectivity index (χ0n) is 23.7. The lowest BCUT2D eigenvalue weighted by atomic mass is 9.41. The van der Waals surface area contributed by atoms with E-state index in [4.69, 9.17) is 18.9 Å². The molecule has 13 atom stereocenters. The molecular formula is C30H44O10. The van der Waals surface area contributed by atoms with Gasteiger partial charge in [0.15, 0.2) is 6.29 Å². The fourth-order valence-corrected chi connectivity index (χ4v) is 10.1. The van der Waals surface area contributed by atoms with E-state index in [0.717, 1.165) is 11.9 Å². The molecule has 0 aromatic rings. The first-order chi connectivity index (χ1) is 18.9. The largest absolute Gasteiger partial charge is 0.458 e. The second-order valence-electron chi connectivity index (χ2n) is 13.7. The Morgan fingerprint density at radius 3 is 2.50 bits per heavy atom. The second-order valence-corrected chi connectivity index (χ2v) is 13.7. The molecule has 2 aliphatic heterocycles. The van der Waals surface area contributed by atoms with Crippen LogP contribution in [0.1, 0.15) is 71.6 Å². The van der Waals surface area contributed by atoms with Gasteiger partial charge in [0.05, 0.1) is 41.0 Å². The number of hydrogen-bond acceptors (Lipinski definition) is 10. The molecule has 4 aliphatic carbocycles. The zero-order chi connectivity index (χ0) is 28.7. The smallest absolute Gasteiger partial charge is 0.331 e. The molecule has 1 saturated heterocycles. The summed E-state index contributed by atoms with van der Waals surface area (Å²) >= 11 is 0. The standard InChI is InChI=1S/C30H44O10/c1-16-26(34)22(37-3)11-24(39-16)40-18-4-8-28(15-31)19-5-7-27(2)25(17-10-23(33)38-14-17)21(32)13-30(27,36)20(19)6-9-29(28,35)12-18/h10,15-16,18-22,24-26,32,34-36H,4-9,11-14H2,1-3H3/t16-,18?,19?,20?,21?,22-,24+,25?,26+,27?,28?,29?,30?/m1/s1. The van der Waals surface area contributed by atoms with Gasteiger partial charge in [-0.3, -0.25) is 0 Å². The molecule has 5 fully saturated rings. The minimum atomic E-state index is -1.28. The minimum Gasteiger partial charge on any atom is -0.458 e. The lowest BCUT2D eigenvalue weighted by molar-refractivity contribution is -0.287. The third kappa shape index (κ3) is 3.93. The van der Waals surface area contributed by atoms with Crippen LogP contribution in [0.25, 0.3) is 0 Å². The fraction of sp³-hybridized carbons (Fsp3) is 0.867. The van der Waals surface area contributed by atoms with E-state index in [2.05, 4.69) is 0 Å². The van der Waals surface area contributed by atoms with Crippen molar-refractivity contribution in [2.45, 2.75) is 120 Å². The van der Waals surface area contributed by atoms with E-state index in [1.807, 2.05) is 6.92 Å². The quantitative estimate of drug-likeness (QED) is 0.219. The summed E-state index contributed by atoms with van der Waals surface area (Å²) in [6.45, 7) is 3.91. The SMILES string of the molecule is CO[C@@H]1C[C@H](OC2CCC3(C=O)C4CCC5(C)C(C6=CC(=O)OC6)C(O)CC5(O)C4CCC3(O)C2)O[C@H](C)[C@@H]1O. The molecule has 4 saturated carbocycles. The van der Waals surface area contributed by atoms with Gasteiger partial charge in [-0.05, 0) is 62.9 Å². The molecule has 10 heteroatoms. The molecule has 0 aromatic heterocycles. The molecule has 0 spiro atoms. The van der Waals surface area contributed by atoms with Gasteiger partial charge in [0.2, 0.25) is 0 Å². The summed E-state index contributed by atoms with van der Waals surface area (Å²) in [5.41, 5.74) is -3.49. The van der Waals surface area contributed by atoms with Crippen LogP contribution in [0.2, 0.25) is 0 Å². The number of cyclic esters (lactones) is 1. The van der Waals surface area contributed by atoms with Crippen LogP contribution in [-0.2, 0) is 28.5 Å². The first-order valence-corrected chi connectivity index (χ1v) is 14.9. The summed E-state index contributed by atoms with van der Waals surface area (Å²) in [6, 6.07) is 0. The Balaban J connectivity index is 1.23. The van der Waals surface area contributed by atoms with E-state index in [1.165, 1.54) is 6.08 Å². The second kappa shape index (κ2) is 9.82. The first kappa shape index (κ1) is 28.7. The number of rotatable bonds is 5. The van der Waals surface area contributed by atoms with Crippen LogP contribution in [0, 0.1) is 28.6 Å². The maximum Gasteiger partial charge on any atom is 0.331 e. The number of aliphatic hydroxyl groups excluding tert-OH is 2. The summed E-state index contributed by atoms with van der Waals surface area (Å²) in [6.07, 6.45) is 2.99. The van der Waals surface area contributed by atoms with Crippen molar-refractivity contribution in [3.63, 3.8) is 0 Å². The third-order valence-electron chi connectivity index (χ3n) is 12.1. The van der Waals surface area contributed by atoms with Crippen LogP contribution in [-0.4, -0.2) is 94.4 Å². The van der Waals surface area contributed by atoms with Crippen LogP contribution in [0.3, 0.4) is 0 Å². The van der Waals surface area contributed by atoms with Crippen molar-refractivity contribution in [2.24, 2.45) is 28.6 Å².